The van der Waals surface area contributed by atoms with Crippen LogP contribution in [0.1, 0.15) is 58.8 Å². The second-order valence-electron chi connectivity index (χ2n) is 7.53. The van der Waals surface area contributed by atoms with Crippen LogP contribution in [0.5, 0.6) is 0 Å². The van der Waals surface area contributed by atoms with Crippen molar-refractivity contribution >= 4 is 17.8 Å². The van der Waals surface area contributed by atoms with E-state index in [-0.39, 0.29) is 30.5 Å². The van der Waals surface area contributed by atoms with Gasteiger partial charge in [-0.1, -0.05) is 0 Å². The van der Waals surface area contributed by atoms with Crippen LogP contribution in [0, 0.1) is 13.8 Å². The van der Waals surface area contributed by atoms with Crippen molar-refractivity contribution in [2.45, 2.75) is 52.7 Å². The lowest BCUT2D eigenvalue weighted by molar-refractivity contribution is 0.0588. The largest absolute Gasteiger partial charge is 0.464 e. The molecule has 8 heteroatoms. The normalized spacial score (nSPS) is 16.3. The molecule has 0 aliphatic carbocycles. The van der Waals surface area contributed by atoms with Gasteiger partial charge in [0.2, 0.25) is 0 Å². The molecule has 1 fully saturated rings. The van der Waals surface area contributed by atoms with Gasteiger partial charge in [-0.25, -0.2) is 9.59 Å². The zero-order valence-corrected chi connectivity index (χ0v) is 17.6. The minimum absolute atomic E-state index is 0.0410. The monoisotopic (exact) mass is 393 g/mol. The van der Waals surface area contributed by atoms with Crippen molar-refractivity contribution in [3.63, 3.8) is 0 Å². The fraction of sp³-hybridized carbons (Fsp3) is 0.650. The molecule has 0 saturated carbocycles. The highest BCUT2D eigenvalue weighted by molar-refractivity contribution is 6.04. The second-order valence-corrected chi connectivity index (χ2v) is 7.53. The summed E-state index contributed by atoms with van der Waals surface area (Å²) in [4.78, 5) is 39.3. The summed E-state index contributed by atoms with van der Waals surface area (Å²) in [7, 11) is 3.03. The van der Waals surface area contributed by atoms with E-state index in [9.17, 15) is 14.4 Å². The van der Waals surface area contributed by atoms with Crippen LogP contribution in [-0.2, 0) is 16.5 Å². The summed E-state index contributed by atoms with van der Waals surface area (Å²) in [5.41, 5.74) is 2.04. The van der Waals surface area contributed by atoms with Crippen LogP contribution in [-0.4, -0.2) is 66.2 Å². The third-order valence-electron chi connectivity index (χ3n) is 5.07. The molecule has 156 valence electrons. The van der Waals surface area contributed by atoms with Crippen molar-refractivity contribution in [1.29, 1.82) is 0 Å². The van der Waals surface area contributed by atoms with Gasteiger partial charge in [-0.2, -0.15) is 0 Å². The van der Waals surface area contributed by atoms with E-state index in [1.54, 1.807) is 25.5 Å². The van der Waals surface area contributed by atoms with Gasteiger partial charge in [-0.15, -0.1) is 0 Å². The lowest BCUT2D eigenvalue weighted by Crippen LogP contribution is -2.48. The van der Waals surface area contributed by atoms with Crippen molar-refractivity contribution < 1.29 is 23.9 Å². The molecule has 1 unspecified atom stereocenters. The summed E-state index contributed by atoms with van der Waals surface area (Å²) in [6.07, 6.45) is 1.77. The number of urea groups is 1. The zero-order valence-electron chi connectivity index (χ0n) is 17.6. The number of amides is 2. The molecule has 8 nitrogen and oxygen atoms in total. The van der Waals surface area contributed by atoms with Crippen molar-refractivity contribution in [2.75, 3.05) is 26.8 Å². The van der Waals surface area contributed by atoms with Crippen LogP contribution in [0.2, 0.25) is 0 Å². The van der Waals surface area contributed by atoms with Gasteiger partial charge in [0, 0.05) is 37.5 Å². The van der Waals surface area contributed by atoms with Crippen LogP contribution in [0.4, 0.5) is 4.79 Å². The maximum atomic E-state index is 13.1. The molecule has 2 amide bonds. The van der Waals surface area contributed by atoms with E-state index in [0.717, 1.165) is 12.8 Å². The van der Waals surface area contributed by atoms with Crippen LogP contribution >= 0.6 is 0 Å². The highest BCUT2D eigenvalue weighted by Crippen LogP contribution is 2.23. The van der Waals surface area contributed by atoms with E-state index in [0.29, 0.717) is 35.7 Å². The van der Waals surface area contributed by atoms with Gasteiger partial charge in [0.25, 0.3) is 0 Å². The topological polar surface area (TPSA) is 89.9 Å². The number of hydrogen-bond acceptors (Lipinski definition) is 5. The lowest BCUT2D eigenvalue weighted by Gasteiger charge is -2.26. The first-order valence-corrected chi connectivity index (χ1v) is 9.61. The van der Waals surface area contributed by atoms with Crippen LogP contribution in [0.3, 0.4) is 0 Å². The molecule has 1 aliphatic heterocycles. The van der Waals surface area contributed by atoms with Gasteiger partial charge in [-0.05, 0) is 46.1 Å². The van der Waals surface area contributed by atoms with Crippen molar-refractivity contribution in [1.82, 2.24) is 14.8 Å². The first-order chi connectivity index (χ1) is 13.2. The molecular formula is C20H31N3O5. The van der Waals surface area contributed by atoms with E-state index >= 15 is 0 Å². The molecule has 28 heavy (non-hydrogen) atoms. The quantitative estimate of drug-likeness (QED) is 0.567. The number of carbonyl (C=O) groups is 3. The number of methoxy groups -OCH3 is 1. The Morgan fingerprint density at radius 3 is 2.54 bits per heavy atom. The molecular weight excluding hydrogens is 362 g/mol. The van der Waals surface area contributed by atoms with Crippen LogP contribution in [0.15, 0.2) is 0 Å². The number of ether oxygens (including phenoxy) is 2. The van der Waals surface area contributed by atoms with Crippen LogP contribution < -0.4 is 5.32 Å². The SMILES string of the molecule is COC(=O)c1c(C)c(C(=O)CN(CC2CCCO2)C(=O)NC(C)C)c(C)n1C. The zero-order chi connectivity index (χ0) is 21.0. The molecule has 2 rings (SSSR count). The van der Waals surface area contributed by atoms with E-state index < -0.39 is 5.97 Å². The first-order valence-electron chi connectivity index (χ1n) is 9.61. The Morgan fingerprint density at radius 1 is 1.32 bits per heavy atom. The number of nitrogens with one attached hydrogen (secondary N) is 1. The van der Waals surface area contributed by atoms with Gasteiger partial charge < -0.3 is 24.3 Å². The molecule has 1 saturated heterocycles. The molecule has 1 N–H and O–H groups in total. The Bertz CT molecular complexity index is 748. The molecule has 1 aliphatic rings. The van der Waals surface area contributed by atoms with Gasteiger partial charge in [0.15, 0.2) is 5.78 Å². The minimum atomic E-state index is -0.490. The van der Waals surface area contributed by atoms with E-state index in [2.05, 4.69) is 5.32 Å². The van der Waals surface area contributed by atoms with E-state index in [1.807, 2.05) is 13.8 Å². The highest BCUT2D eigenvalue weighted by atomic mass is 16.5. The molecule has 1 aromatic heterocycles. The van der Waals surface area contributed by atoms with Crippen molar-refractivity contribution in [3.8, 4) is 0 Å². The van der Waals surface area contributed by atoms with E-state index in [4.69, 9.17) is 9.47 Å². The Kier molecular flexibility index (Phi) is 7.23. The molecule has 0 radical (unpaired) electrons. The molecule has 1 atom stereocenters. The fourth-order valence-electron chi connectivity index (χ4n) is 3.62. The predicted octanol–water partition coefficient (Wildman–Crippen LogP) is 2.21. The number of ketones is 1. The Hall–Kier alpha value is -2.35. The van der Waals surface area contributed by atoms with Gasteiger partial charge in [-0.3, -0.25) is 4.79 Å². The summed E-state index contributed by atoms with van der Waals surface area (Å²) in [5, 5.41) is 2.85. The number of hydrogen-bond donors (Lipinski definition) is 1. The number of rotatable bonds is 7. The third-order valence-corrected chi connectivity index (χ3v) is 5.07. The van der Waals surface area contributed by atoms with E-state index in [1.165, 1.54) is 12.0 Å². The first kappa shape index (κ1) is 21.9. The molecule has 2 heterocycles. The fourth-order valence-corrected chi connectivity index (χ4v) is 3.62. The van der Waals surface area contributed by atoms with Crippen molar-refractivity contribution in [2.24, 2.45) is 7.05 Å². The standard InChI is InChI=1S/C20H31N3O5/c1-12(2)21-20(26)23(10-15-8-7-9-28-15)11-16(24)17-13(3)18(19(25)27-6)22(5)14(17)4/h12,15H,7-11H2,1-6H3,(H,21,26). The van der Waals surface area contributed by atoms with Gasteiger partial charge in [0.1, 0.15) is 5.69 Å². The average Bonchev–Trinajstić information content (AvgIpc) is 3.20. The third kappa shape index (κ3) is 4.73. The van der Waals surface area contributed by atoms with Gasteiger partial charge in [0.05, 0.1) is 19.8 Å². The van der Waals surface area contributed by atoms with Crippen LogP contribution in [0.25, 0.3) is 0 Å². The molecule has 0 bridgehead atoms. The summed E-state index contributed by atoms with van der Waals surface area (Å²) in [6.45, 7) is 8.22. The predicted molar refractivity (Wildman–Crippen MR) is 105 cm³/mol. The Morgan fingerprint density at radius 2 is 2.00 bits per heavy atom. The number of carbonyl (C=O) groups excluding carboxylic acids is 3. The minimum Gasteiger partial charge on any atom is -0.464 e. The molecule has 1 aromatic rings. The number of nitrogens with zero attached hydrogens (tertiary/aromatic N) is 2. The maximum Gasteiger partial charge on any atom is 0.354 e. The number of Topliss-reactive ketones (excluding diaryl/α,β-unsaturated/α-hetero) is 1. The summed E-state index contributed by atoms with van der Waals surface area (Å²) < 4.78 is 12.1. The maximum absolute atomic E-state index is 13.1. The molecule has 0 aromatic carbocycles. The van der Waals surface area contributed by atoms with Crippen molar-refractivity contribution in [3.05, 3.63) is 22.5 Å². The smallest absolute Gasteiger partial charge is 0.354 e. The Balaban J connectivity index is 2.27. The van der Waals surface area contributed by atoms with Gasteiger partial charge >= 0.3 is 12.0 Å². The lowest BCUT2D eigenvalue weighted by atomic mass is 10.0. The highest BCUT2D eigenvalue weighted by Gasteiger charge is 2.29. The number of aromatic nitrogens is 1. The Labute approximate surface area is 166 Å². The number of esters is 1. The average molecular weight is 393 g/mol. The second kappa shape index (κ2) is 9.23. The summed E-state index contributed by atoms with van der Waals surface area (Å²) in [6, 6.07) is -0.334. The molecule has 0 spiro atoms. The summed E-state index contributed by atoms with van der Waals surface area (Å²) in [5.74, 6) is -0.700. The summed E-state index contributed by atoms with van der Waals surface area (Å²) >= 11 is 0.